The van der Waals surface area contributed by atoms with Gasteiger partial charge in [-0.05, 0) is 40.3 Å². The first kappa shape index (κ1) is 26.3. The van der Waals surface area contributed by atoms with E-state index in [2.05, 4.69) is 42.5 Å². The van der Waals surface area contributed by atoms with Gasteiger partial charge in [0, 0.05) is 33.6 Å². The molecule has 36 heavy (non-hydrogen) atoms. The maximum Gasteiger partial charge on any atom is 0.288 e. The molecule has 1 aliphatic heterocycles. The van der Waals surface area contributed by atoms with Gasteiger partial charge >= 0.3 is 0 Å². The highest BCUT2D eigenvalue weighted by Crippen LogP contribution is 2.43. The van der Waals surface area contributed by atoms with E-state index < -0.39 is 12.6 Å². The molecule has 1 amide bonds. The van der Waals surface area contributed by atoms with Gasteiger partial charge in [0.05, 0.1) is 33.0 Å². The number of methoxy groups -OCH3 is 2. The number of allylic oxidation sites excluding steroid dienone is 1. The molecule has 8 heteroatoms. The molecule has 2 atom stereocenters. The molecule has 0 bridgehead atoms. The van der Waals surface area contributed by atoms with Crippen LogP contribution in [0.15, 0.2) is 54.3 Å². The Kier molecular flexibility index (Phi) is 9.12. The van der Waals surface area contributed by atoms with Crippen molar-refractivity contribution >= 4 is 5.91 Å². The van der Waals surface area contributed by atoms with Gasteiger partial charge in [-0.2, -0.15) is 0 Å². The highest BCUT2D eigenvalue weighted by Gasteiger charge is 2.33. The smallest absolute Gasteiger partial charge is 0.288 e. The van der Waals surface area contributed by atoms with E-state index in [-0.39, 0.29) is 37.3 Å². The van der Waals surface area contributed by atoms with Crippen LogP contribution in [-0.4, -0.2) is 82.7 Å². The Balaban J connectivity index is 1.58. The van der Waals surface area contributed by atoms with Gasteiger partial charge in [-0.1, -0.05) is 42.5 Å². The maximum absolute atomic E-state index is 13.3. The minimum absolute atomic E-state index is 0.0405. The van der Waals surface area contributed by atoms with E-state index in [1.165, 1.54) is 46.9 Å². The minimum atomic E-state index is -0.606. The lowest BCUT2D eigenvalue weighted by Crippen LogP contribution is -2.39. The molecule has 2 aromatic carbocycles. The maximum atomic E-state index is 13.3. The molecule has 0 aromatic heterocycles. The van der Waals surface area contributed by atoms with Crippen LogP contribution in [0.4, 0.5) is 0 Å². The fraction of sp³-hybridized carbons (Fsp3) is 0.464. The summed E-state index contributed by atoms with van der Waals surface area (Å²) < 4.78 is 27.8. The summed E-state index contributed by atoms with van der Waals surface area (Å²) in [7, 11) is 4.77. The van der Waals surface area contributed by atoms with Gasteiger partial charge in [0.1, 0.15) is 0 Å². The van der Waals surface area contributed by atoms with Crippen LogP contribution in [0.1, 0.15) is 29.0 Å². The predicted molar refractivity (Wildman–Crippen MR) is 134 cm³/mol. The Hall–Kier alpha value is -2.75. The quantitative estimate of drug-likeness (QED) is 0.304. The highest BCUT2D eigenvalue weighted by atomic mass is 16.7. The van der Waals surface area contributed by atoms with E-state index in [1.54, 1.807) is 7.05 Å². The van der Waals surface area contributed by atoms with Gasteiger partial charge in [-0.3, -0.25) is 4.79 Å². The second kappa shape index (κ2) is 12.5. The van der Waals surface area contributed by atoms with E-state index in [0.717, 1.165) is 6.42 Å². The highest BCUT2D eigenvalue weighted by molar-refractivity contribution is 5.91. The molecule has 2 aromatic rings. The number of likely N-dealkylation sites (N-methyl/N-ethyl adjacent to an activating group) is 1. The topological polar surface area (TPSA) is 86.7 Å². The Bertz CT molecular complexity index is 1070. The van der Waals surface area contributed by atoms with Gasteiger partial charge in [0.25, 0.3) is 5.91 Å². The Morgan fingerprint density at radius 1 is 1.08 bits per heavy atom. The number of aliphatic hydroxyl groups excluding tert-OH is 1. The fourth-order valence-electron chi connectivity index (χ4n) is 4.80. The number of carbonyl (C=O) groups is 1. The molecule has 0 fully saturated rings. The van der Waals surface area contributed by atoms with Crippen molar-refractivity contribution in [1.29, 1.82) is 0 Å². The summed E-state index contributed by atoms with van der Waals surface area (Å²) in [6.07, 6.45) is 2.20. The summed E-state index contributed by atoms with van der Waals surface area (Å²) in [5.74, 6) is -0.0757. The van der Waals surface area contributed by atoms with Crippen molar-refractivity contribution in [2.45, 2.75) is 31.3 Å². The predicted octanol–water partition coefficient (Wildman–Crippen LogP) is 3.07. The summed E-state index contributed by atoms with van der Waals surface area (Å²) >= 11 is 0. The van der Waals surface area contributed by atoms with Gasteiger partial charge in [-0.15, -0.1) is 0 Å². The van der Waals surface area contributed by atoms with E-state index >= 15 is 0 Å². The van der Waals surface area contributed by atoms with E-state index in [9.17, 15) is 4.79 Å². The van der Waals surface area contributed by atoms with Crippen molar-refractivity contribution < 1.29 is 33.6 Å². The summed E-state index contributed by atoms with van der Waals surface area (Å²) in [6.45, 7) is 1.09. The number of hydrogen-bond acceptors (Lipinski definition) is 7. The average molecular weight is 498 g/mol. The van der Waals surface area contributed by atoms with Gasteiger partial charge in [0.15, 0.2) is 12.0 Å². The Morgan fingerprint density at radius 2 is 1.86 bits per heavy atom. The number of nitrogens with zero attached hydrogens (tertiary/aromatic N) is 1. The van der Waals surface area contributed by atoms with Crippen molar-refractivity contribution in [2.75, 3.05) is 54.2 Å². The minimum Gasteiger partial charge on any atom is -0.459 e. The molecule has 194 valence electrons. The van der Waals surface area contributed by atoms with Crippen LogP contribution in [0.25, 0.3) is 11.1 Å². The number of aliphatic hydroxyl groups is 1. The molecule has 4 rings (SSSR count). The lowest BCUT2D eigenvalue weighted by atomic mass is 9.87. The van der Waals surface area contributed by atoms with E-state index in [4.69, 9.17) is 28.8 Å². The number of carbonyl (C=O) groups excluding carboxylic acids is 1. The summed E-state index contributed by atoms with van der Waals surface area (Å²) in [4.78, 5) is 14.9. The first-order valence-corrected chi connectivity index (χ1v) is 12.3. The second-order valence-electron chi connectivity index (χ2n) is 8.92. The third kappa shape index (κ3) is 5.96. The zero-order chi connectivity index (χ0) is 25.5. The fourth-order valence-corrected chi connectivity index (χ4v) is 4.80. The second-order valence-corrected chi connectivity index (χ2v) is 8.92. The standard InChI is InChI=1S/C28H35NO7/c1-29(18-27(32-2)33-3)28(31)25-16-20(17-26(36-25)35-14-13-34-12-11-30)22-9-6-10-23-21-8-5-4-7-19(21)15-24(22)23/h4-10,16,20,26-27,30H,11-15,17-18H2,1-3H3/t20-,26+/m1/s1. The molecule has 1 heterocycles. The molecule has 0 radical (unpaired) electrons. The number of hydrogen-bond donors (Lipinski definition) is 1. The summed E-state index contributed by atoms with van der Waals surface area (Å²) in [5, 5.41) is 8.90. The number of amides is 1. The number of fused-ring (bicyclic) bond motifs is 3. The molecular formula is C28H35NO7. The molecular weight excluding hydrogens is 462 g/mol. The van der Waals surface area contributed by atoms with Crippen molar-refractivity contribution in [3.8, 4) is 11.1 Å². The van der Waals surface area contributed by atoms with Crippen molar-refractivity contribution in [3.05, 3.63) is 71.0 Å². The first-order chi connectivity index (χ1) is 17.5. The first-order valence-electron chi connectivity index (χ1n) is 12.3. The lowest BCUT2D eigenvalue weighted by Gasteiger charge is -2.32. The third-order valence-electron chi connectivity index (χ3n) is 6.62. The molecule has 1 aliphatic carbocycles. The number of ether oxygens (including phenoxy) is 5. The molecule has 0 unspecified atom stereocenters. The molecule has 0 saturated carbocycles. The van der Waals surface area contributed by atoms with Crippen LogP contribution in [0.5, 0.6) is 0 Å². The molecule has 8 nitrogen and oxygen atoms in total. The normalized spacial score (nSPS) is 18.4. The number of benzene rings is 2. The Morgan fingerprint density at radius 3 is 2.64 bits per heavy atom. The van der Waals surface area contributed by atoms with E-state index in [0.29, 0.717) is 19.6 Å². The third-order valence-corrected chi connectivity index (χ3v) is 6.62. The monoisotopic (exact) mass is 497 g/mol. The van der Waals surface area contributed by atoms with Crippen LogP contribution in [0.2, 0.25) is 0 Å². The van der Waals surface area contributed by atoms with Gasteiger partial charge in [-0.25, -0.2) is 0 Å². The Labute approximate surface area is 212 Å². The van der Waals surface area contributed by atoms with Crippen molar-refractivity contribution in [3.63, 3.8) is 0 Å². The average Bonchev–Trinajstić information content (AvgIpc) is 3.29. The van der Waals surface area contributed by atoms with Crippen LogP contribution in [0, 0.1) is 0 Å². The van der Waals surface area contributed by atoms with Crippen LogP contribution in [0.3, 0.4) is 0 Å². The molecule has 0 spiro atoms. The van der Waals surface area contributed by atoms with Crippen LogP contribution in [-0.2, 0) is 34.9 Å². The zero-order valence-corrected chi connectivity index (χ0v) is 21.1. The van der Waals surface area contributed by atoms with E-state index in [1.807, 2.05) is 6.08 Å². The molecule has 1 N–H and O–H groups in total. The molecule has 0 saturated heterocycles. The zero-order valence-electron chi connectivity index (χ0n) is 21.1. The largest absolute Gasteiger partial charge is 0.459 e. The number of rotatable bonds is 12. The summed E-state index contributed by atoms with van der Waals surface area (Å²) in [5.41, 5.74) is 6.28. The van der Waals surface area contributed by atoms with Crippen molar-refractivity contribution in [2.24, 2.45) is 0 Å². The van der Waals surface area contributed by atoms with Crippen LogP contribution >= 0.6 is 0 Å². The molecule has 2 aliphatic rings. The lowest BCUT2D eigenvalue weighted by molar-refractivity contribution is -0.161. The van der Waals surface area contributed by atoms with Crippen molar-refractivity contribution in [1.82, 2.24) is 4.90 Å². The van der Waals surface area contributed by atoms with Gasteiger partial charge in [0.2, 0.25) is 6.29 Å². The van der Waals surface area contributed by atoms with Gasteiger partial charge < -0.3 is 33.7 Å². The van der Waals surface area contributed by atoms with Crippen LogP contribution < -0.4 is 0 Å². The summed E-state index contributed by atoms with van der Waals surface area (Å²) in [6, 6.07) is 14.8. The SMILES string of the molecule is COC(CN(C)C(=O)C1=C[C@@H](c2cccc3c2Cc2ccccc2-3)C[C@@H](OCCOCCO)O1)OC.